The average molecular weight is 210 g/mol. The third-order valence-corrected chi connectivity index (χ3v) is 3.80. The van der Waals surface area contributed by atoms with Gasteiger partial charge >= 0.3 is 0 Å². The molecule has 0 N–H and O–H groups in total. The topological polar surface area (TPSA) is 17.1 Å². The van der Waals surface area contributed by atoms with E-state index < -0.39 is 0 Å². The van der Waals surface area contributed by atoms with Gasteiger partial charge < -0.3 is 0 Å². The van der Waals surface area contributed by atoms with Crippen LogP contribution in [-0.2, 0) is 4.79 Å². The van der Waals surface area contributed by atoms with E-state index in [-0.39, 0.29) is 0 Å². The maximum absolute atomic E-state index is 11.9. The van der Waals surface area contributed by atoms with Gasteiger partial charge in [-0.05, 0) is 18.8 Å². The fourth-order valence-electron chi connectivity index (χ4n) is 2.71. The normalized spacial score (nSPS) is 24.9. The predicted molar refractivity (Wildman–Crippen MR) is 64.9 cm³/mol. The molecule has 1 nitrogen and oxygen atoms in total. The highest BCUT2D eigenvalue weighted by molar-refractivity contribution is 5.81. The molecule has 0 radical (unpaired) electrons. The van der Waals surface area contributed by atoms with Crippen LogP contribution in [0.4, 0.5) is 0 Å². The molecule has 1 heteroatoms. The quantitative estimate of drug-likeness (QED) is 0.487. The standard InChI is InChI=1S/C14H26O/c1-3-4-6-9-12(2)13-10-7-5-8-11-14(13)15/h12-13H,3-11H2,1-2H3/t12-,13+/m0/s1. The number of Topliss-reactive ketones (excluding diaryl/α,β-unsaturated/α-hetero) is 1. The Labute approximate surface area is 94.6 Å². The molecule has 0 aliphatic heterocycles. The summed E-state index contributed by atoms with van der Waals surface area (Å²) in [7, 11) is 0. The lowest BCUT2D eigenvalue weighted by Crippen LogP contribution is -2.20. The van der Waals surface area contributed by atoms with Crippen molar-refractivity contribution >= 4 is 5.78 Å². The van der Waals surface area contributed by atoms with Gasteiger partial charge in [0.15, 0.2) is 0 Å². The molecule has 0 unspecified atom stereocenters. The number of carbonyl (C=O) groups excluding carboxylic acids is 1. The molecule has 1 rings (SSSR count). The minimum atomic E-state index is 0.393. The molecule has 0 aromatic carbocycles. The second-order valence-corrected chi connectivity index (χ2v) is 5.15. The second kappa shape index (κ2) is 7.03. The van der Waals surface area contributed by atoms with E-state index in [0.717, 1.165) is 19.3 Å². The van der Waals surface area contributed by atoms with Gasteiger partial charge in [-0.25, -0.2) is 0 Å². The second-order valence-electron chi connectivity index (χ2n) is 5.15. The lowest BCUT2D eigenvalue weighted by Gasteiger charge is -2.21. The zero-order chi connectivity index (χ0) is 11.1. The van der Waals surface area contributed by atoms with Crippen LogP contribution in [0.2, 0.25) is 0 Å². The zero-order valence-corrected chi connectivity index (χ0v) is 10.4. The largest absolute Gasteiger partial charge is 0.299 e. The Morgan fingerprint density at radius 1 is 1.27 bits per heavy atom. The van der Waals surface area contributed by atoms with Gasteiger partial charge in [-0.15, -0.1) is 0 Å². The smallest absolute Gasteiger partial charge is 0.136 e. The van der Waals surface area contributed by atoms with Crippen molar-refractivity contribution in [3.63, 3.8) is 0 Å². The molecule has 88 valence electrons. The Kier molecular flexibility index (Phi) is 5.97. The summed E-state index contributed by atoms with van der Waals surface area (Å²) in [6.07, 6.45) is 10.9. The monoisotopic (exact) mass is 210 g/mol. The van der Waals surface area contributed by atoms with E-state index in [1.807, 2.05) is 0 Å². The van der Waals surface area contributed by atoms with Crippen LogP contribution in [0.25, 0.3) is 0 Å². The number of rotatable bonds is 5. The molecule has 15 heavy (non-hydrogen) atoms. The van der Waals surface area contributed by atoms with Crippen LogP contribution in [0.5, 0.6) is 0 Å². The first-order valence-corrected chi connectivity index (χ1v) is 6.78. The first-order valence-electron chi connectivity index (χ1n) is 6.78. The summed E-state index contributed by atoms with van der Waals surface area (Å²) >= 11 is 0. The molecule has 0 aromatic rings. The summed E-state index contributed by atoms with van der Waals surface area (Å²) in [6.45, 7) is 4.52. The molecule has 2 atom stereocenters. The van der Waals surface area contributed by atoms with Crippen molar-refractivity contribution in [3.05, 3.63) is 0 Å². The number of ketones is 1. The van der Waals surface area contributed by atoms with Crippen LogP contribution in [0, 0.1) is 11.8 Å². The van der Waals surface area contributed by atoms with Crippen LogP contribution in [0.15, 0.2) is 0 Å². The number of unbranched alkanes of at least 4 members (excludes halogenated alkanes) is 2. The fraction of sp³-hybridized carbons (Fsp3) is 0.929. The molecule has 0 aromatic heterocycles. The molecular formula is C14H26O. The Bertz CT molecular complexity index is 186. The molecule has 1 fully saturated rings. The third kappa shape index (κ3) is 4.36. The predicted octanol–water partition coefficient (Wildman–Crippen LogP) is 4.35. The summed E-state index contributed by atoms with van der Waals surface area (Å²) in [5.74, 6) is 1.57. The highest BCUT2D eigenvalue weighted by Crippen LogP contribution is 2.29. The van der Waals surface area contributed by atoms with Crippen LogP contribution < -0.4 is 0 Å². The van der Waals surface area contributed by atoms with Gasteiger partial charge in [0.1, 0.15) is 5.78 Å². The average Bonchev–Trinajstić information content (AvgIpc) is 2.43. The van der Waals surface area contributed by atoms with E-state index in [1.54, 1.807) is 0 Å². The fourth-order valence-corrected chi connectivity index (χ4v) is 2.71. The molecule has 1 aliphatic rings. The van der Waals surface area contributed by atoms with E-state index in [0.29, 0.717) is 17.6 Å². The van der Waals surface area contributed by atoms with E-state index in [4.69, 9.17) is 0 Å². The van der Waals surface area contributed by atoms with E-state index in [9.17, 15) is 4.79 Å². The van der Waals surface area contributed by atoms with Crippen molar-refractivity contribution in [2.45, 2.75) is 71.6 Å². The molecule has 1 saturated carbocycles. The Morgan fingerprint density at radius 3 is 2.80 bits per heavy atom. The Morgan fingerprint density at radius 2 is 2.07 bits per heavy atom. The van der Waals surface area contributed by atoms with Gasteiger partial charge in [-0.1, -0.05) is 52.4 Å². The highest BCUT2D eigenvalue weighted by Gasteiger charge is 2.25. The first kappa shape index (κ1) is 12.7. The molecule has 0 spiro atoms. The van der Waals surface area contributed by atoms with Crippen molar-refractivity contribution in [2.75, 3.05) is 0 Å². The van der Waals surface area contributed by atoms with E-state index >= 15 is 0 Å². The van der Waals surface area contributed by atoms with Crippen molar-refractivity contribution in [1.82, 2.24) is 0 Å². The first-order chi connectivity index (χ1) is 7.25. The Hall–Kier alpha value is -0.330. The van der Waals surface area contributed by atoms with Gasteiger partial charge in [0.05, 0.1) is 0 Å². The molecule has 0 bridgehead atoms. The zero-order valence-electron chi connectivity index (χ0n) is 10.4. The minimum Gasteiger partial charge on any atom is -0.299 e. The van der Waals surface area contributed by atoms with Crippen molar-refractivity contribution in [2.24, 2.45) is 11.8 Å². The third-order valence-electron chi connectivity index (χ3n) is 3.80. The SMILES string of the molecule is CCCCC[C@H](C)[C@H]1CCCCCC1=O. The maximum Gasteiger partial charge on any atom is 0.136 e. The number of hydrogen-bond acceptors (Lipinski definition) is 1. The molecule has 1 aliphatic carbocycles. The van der Waals surface area contributed by atoms with E-state index in [1.165, 1.54) is 38.5 Å². The summed E-state index contributed by atoms with van der Waals surface area (Å²) in [5, 5.41) is 0. The lowest BCUT2D eigenvalue weighted by molar-refractivity contribution is -0.124. The van der Waals surface area contributed by atoms with Crippen molar-refractivity contribution < 1.29 is 4.79 Å². The lowest BCUT2D eigenvalue weighted by atomic mass is 9.83. The van der Waals surface area contributed by atoms with Crippen molar-refractivity contribution in [3.8, 4) is 0 Å². The van der Waals surface area contributed by atoms with Crippen LogP contribution in [0.1, 0.15) is 71.6 Å². The summed E-state index contributed by atoms with van der Waals surface area (Å²) in [4.78, 5) is 11.9. The minimum absolute atomic E-state index is 0.393. The number of hydrogen-bond donors (Lipinski definition) is 0. The van der Waals surface area contributed by atoms with Gasteiger partial charge in [-0.2, -0.15) is 0 Å². The van der Waals surface area contributed by atoms with Gasteiger partial charge in [0.2, 0.25) is 0 Å². The molecular weight excluding hydrogens is 184 g/mol. The number of carbonyl (C=O) groups is 1. The maximum atomic E-state index is 11.9. The molecule has 0 amide bonds. The molecule has 0 saturated heterocycles. The summed E-state index contributed by atoms with van der Waals surface area (Å²) in [6, 6.07) is 0. The van der Waals surface area contributed by atoms with Crippen LogP contribution in [-0.4, -0.2) is 5.78 Å². The summed E-state index contributed by atoms with van der Waals surface area (Å²) < 4.78 is 0. The van der Waals surface area contributed by atoms with Crippen molar-refractivity contribution in [1.29, 1.82) is 0 Å². The highest BCUT2D eigenvalue weighted by atomic mass is 16.1. The van der Waals surface area contributed by atoms with E-state index in [2.05, 4.69) is 13.8 Å². The van der Waals surface area contributed by atoms with Gasteiger partial charge in [0, 0.05) is 12.3 Å². The van der Waals surface area contributed by atoms with Crippen LogP contribution >= 0.6 is 0 Å². The molecule has 0 heterocycles. The van der Waals surface area contributed by atoms with Crippen LogP contribution in [0.3, 0.4) is 0 Å². The van der Waals surface area contributed by atoms with Gasteiger partial charge in [0.25, 0.3) is 0 Å². The Balaban J connectivity index is 2.34. The van der Waals surface area contributed by atoms with Gasteiger partial charge in [-0.3, -0.25) is 4.79 Å². The summed E-state index contributed by atoms with van der Waals surface area (Å²) in [5.41, 5.74) is 0.